The monoisotopic (exact) mass is 487 g/mol. The second-order valence-electron chi connectivity index (χ2n) is 8.12. The molecule has 0 saturated carbocycles. The summed E-state index contributed by atoms with van der Waals surface area (Å²) >= 11 is 0. The first kappa shape index (κ1) is 24.3. The average Bonchev–Trinajstić information content (AvgIpc) is 2.84. The Labute approximate surface area is 206 Å². The fourth-order valence-corrected chi connectivity index (χ4v) is 3.52. The van der Waals surface area contributed by atoms with Crippen LogP contribution in [0, 0.1) is 19.7 Å². The molecule has 1 heterocycles. The summed E-state index contributed by atoms with van der Waals surface area (Å²) in [7, 11) is 0. The quantitative estimate of drug-likeness (QED) is 0.402. The number of nitrogens with one attached hydrogen (secondary N) is 2. The zero-order valence-electron chi connectivity index (χ0n) is 19.5. The third-order valence-corrected chi connectivity index (χ3v) is 5.54. The van der Waals surface area contributed by atoms with Gasteiger partial charge in [-0.05, 0) is 73.0 Å². The number of imide groups is 2. The molecule has 8 nitrogen and oxygen atoms in total. The summed E-state index contributed by atoms with van der Waals surface area (Å²) in [5.74, 6) is -2.42. The van der Waals surface area contributed by atoms with E-state index in [1.807, 2.05) is 13.8 Å². The zero-order chi connectivity index (χ0) is 25.8. The highest BCUT2D eigenvalue weighted by Gasteiger charge is 2.36. The van der Waals surface area contributed by atoms with Gasteiger partial charge in [0.05, 0.1) is 11.4 Å². The van der Waals surface area contributed by atoms with Gasteiger partial charge < -0.3 is 10.1 Å². The molecule has 5 amide bonds. The van der Waals surface area contributed by atoms with Crippen molar-refractivity contribution in [3.05, 3.63) is 94.8 Å². The molecule has 0 bridgehead atoms. The Hall–Kier alpha value is -4.79. The van der Waals surface area contributed by atoms with E-state index in [-0.39, 0.29) is 17.9 Å². The largest absolute Gasteiger partial charge is 0.484 e. The molecule has 1 aliphatic rings. The first-order chi connectivity index (χ1) is 17.2. The van der Waals surface area contributed by atoms with E-state index in [4.69, 9.17) is 4.74 Å². The smallest absolute Gasteiger partial charge is 0.335 e. The standard InChI is InChI=1S/C27H22FN3O5/c1-16-10-11-19(12-17(16)2)31-26(34)21(25(33)30-27(31)35)14-18-6-5-7-20(13-18)36-15-24(32)29-23-9-4-3-8-22(23)28/h3-14H,15H2,1-2H3,(H,29,32)(H,30,33,35). The summed E-state index contributed by atoms with van der Waals surface area (Å²) in [5.41, 5.74) is 2.47. The van der Waals surface area contributed by atoms with Gasteiger partial charge in [-0.25, -0.2) is 14.1 Å². The maximum atomic E-state index is 13.7. The predicted molar refractivity (Wildman–Crippen MR) is 132 cm³/mol. The number of barbiturate groups is 1. The number of hydrogen-bond donors (Lipinski definition) is 2. The molecule has 0 unspecified atom stereocenters. The Bertz CT molecular complexity index is 1420. The average molecular weight is 487 g/mol. The fourth-order valence-electron chi connectivity index (χ4n) is 3.52. The molecule has 36 heavy (non-hydrogen) atoms. The normalized spacial score (nSPS) is 14.6. The molecule has 3 aromatic carbocycles. The second kappa shape index (κ2) is 10.2. The number of amides is 5. The summed E-state index contributed by atoms with van der Waals surface area (Å²) in [6, 6.07) is 16.4. The SMILES string of the molecule is Cc1ccc(N2C(=O)NC(=O)C(=Cc3cccc(OCC(=O)Nc4ccccc4F)c3)C2=O)cc1C. The molecule has 182 valence electrons. The van der Waals surface area contributed by atoms with Gasteiger partial charge in [0.15, 0.2) is 6.61 Å². The minimum absolute atomic E-state index is 0.0364. The van der Waals surface area contributed by atoms with Crippen molar-refractivity contribution in [2.45, 2.75) is 13.8 Å². The molecule has 1 fully saturated rings. The van der Waals surface area contributed by atoms with Crippen LogP contribution in [0.15, 0.2) is 72.3 Å². The molecule has 2 N–H and O–H groups in total. The molecule has 1 aliphatic heterocycles. The van der Waals surface area contributed by atoms with Crippen molar-refractivity contribution >= 4 is 41.2 Å². The van der Waals surface area contributed by atoms with Gasteiger partial charge in [0.2, 0.25) is 0 Å². The van der Waals surface area contributed by atoms with Crippen molar-refractivity contribution < 1.29 is 28.3 Å². The number of para-hydroxylation sites is 1. The van der Waals surface area contributed by atoms with Gasteiger partial charge in [0, 0.05) is 0 Å². The maximum absolute atomic E-state index is 13.7. The summed E-state index contributed by atoms with van der Waals surface area (Å²) in [6.45, 7) is 3.38. The minimum Gasteiger partial charge on any atom is -0.484 e. The first-order valence-corrected chi connectivity index (χ1v) is 11.0. The number of carbonyl (C=O) groups is 4. The number of rotatable bonds is 6. The van der Waals surface area contributed by atoms with Gasteiger partial charge in [-0.15, -0.1) is 0 Å². The number of aryl methyl sites for hydroxylation is 2. The Morgan fingerprint density at radius 3 is 2.53 bits per heavy atom. The summed E-state index contributed by atoms with van der Waals surface area (Å²) < 4.78 is 19.2. The highest BCUT2D eigenvalue weighted by molar-refractivity contribution is 6.39. The molecular formula is C27H22FN3O5. The van der Waals surface area contributed by atoms with E-state index in [2.05, 4.69) is 10.6 Å². The van der Waals surface area contributed by atoms with Crippen molar-refractivity contribution in [2.75, 3.05) is 16.8 Å². The lowest BCUT2D eigenvalue weighted by Crippen LogP contribution is -2.54. The molecule has 0 spiro atoms. The van der Waals surface area contributed by atoms with Crippen LogP contribution in [0.2, 0.25) is 0 Å². The lowest BCUT2D eigenvalue weighted by Gasteiger charge is -2.26. The van der Waals surface area contributed by atoms with Crippen LogP contribution in [-0.4, -0.2) is 30.4 Å². The van der Waals surface area contributed by atoms with Crippen LogP contribution in [0.25, 0.3) is 6.08 Å². The molecule has 0 atom stereocenters. The number of nitrogens with zero attached hydrogens (tertiary/aromatic N) is 1. The van der Waals surface area contributed by atoms with Crippen molar-refractivity contribution in [3.63, 3.8) is 0 Å². The van der Waals surface area contributed by atoms with E-state index < -0.39 is 29.6 Å². The van der Waals surface area contributed by atoms with Crippen LogP contribution in [0.5, 0.6) is 5.75 Å². The van der Waals surface area contributed by atoms with Crippen molar-refractivity contribution in [1.29, 1.82) is 0 Å². The van der Waals surface area contributed by atoms with Gasteiger partial charge in [0.1, 0.15) is 17.1 Å². The number of hydrogen-bond acceptors (Lipinski definition) is 5. The van der Waals surface area contributed by atoms with Crippen LogP contribution >= 0.6 is 0 Å². The molecule has 1 saturated heterocycles. The summed E-state index contributed by atoms with van der Waals surface area (Å²) in [4.78, 5) is 51.0. The molecular weight excluding hydrogens is 465 g/mol. The zero-order valence-corrected chi connectivity index (χ0v) is 19.5. The highest BCUT2D eigenvalue weighted by Crippen LogP contribution is 2.25. The molecule has 3 aromatic rings. The number of anilines is 2. The molecule has 0 radical (unpaired) electrons. The third kappa shape index (κ3) is 5.30. The Morgan fingerprint density at radius 1 is 1.00 bits per heavy atom. The lowest BCUT2D eigenvalue weighted by molar-refractivity contribution is -0.122. The maximum Gasteiger partial charge on any atom is 0.335 e. The number of urea groups is 1. The lowest BCUT2D eigenvalue weighted by atomic mass is 10.0. The van der Waals surface area contributed by atoms with Gasteiger partial charge in [0.25, 0.3) is 17.7 Å². The molecule has 0 aliphatic carbocycles. The van der Waals surface area contributed by atoms with E-state index in [0.29, 0.717) is 17.0 Å². The minimum atomic E-state index is -0.830. The fraction of sp³-hybridized carbons (Fsp3) is 0.111. The first-order valence-electron chi connectivity index (χ1n) is 11.0. The Balaban J connectivity index is 1.50. The van der Waals surface area contributed by atoms with E-state index in [9.17, 15) is 23.6 Å². The van der Waals surface area contributed by atoms with Crippen molar-refractivity contribution in [3.8, 4) is 5.75 Å². The van der Waals surface area contributed by atoms with E-state index in [0.717, 1.165) is 16.0 Å². The van der Waals surface area contributed by atoms with Crippen LogP contribution in [0.4, 0.5) is 20.6 Å². The Kier molecular flexibility index (Phi) is 6.91. The second-order valence-corrected chi connectivity index (χ2v) is 8.12. The van der Waals surface area contributed by atoms with Crippen LogP contribution in [0.1, 0.15) is 16.7 Å². The van der Waals surface area contributed by atoms with Gasteiger partial charge in [-0.2, -0.15) is 0 Å². The van der Waals surface area contributed by atoms with Crippen LogP contribution in [-0.2, 0) is 14.4 Å². The topological polar surface area (TPSA) is 105 Å². The summed E-state index contributed by atoms with van der Waals surface area (Å²) in [6.07, 6.45) is 1.34. The molecule has 4 rings (SSSR count). The van der Waals surface area contributed by atoms with Crippen molar-refractivity contribution in [1.82, 2.24) is 5.32 Å². The number of ether oxygens (including phenoxy) is 1. The van der Waals surface area contributed by atoms with Crippen LogP contribution < -0.4 is 20.3 Å². The highest BCUT2D eigenvalue weighted by atomic mass is 19.1. The van der Waals surface area contributed by atoms with E-state index in [1.165, 1.54) is 30.3 Å². The van der Waals surface area contributed by atoms with Gasteiger partial charge in [-0.3, -0.25) is 19.7 Å². The molecule has 9 heteroatoms. The number of carbonyl (C=O) groups excluding carboxylic acids is 4. The van der Waals surface area contributed by atoms with E-state index in [1.54, 1.807) is 42.5 Å². The molecule has 0 aromatic heterocycles. The number of benzene rings is 3. The number of halogens is 1. The Morgan fingerprint density at radius 2 is 1.78 bits per heavy atom. The van der Waals surface area contributed by atoms with E-state index >= 15 is 0 Å². The summed E-state index contributed by atoms with van der Waals surface area (Å²) in [5, 5.41) is 4.61. The van der Waals surface area contributed by atoms with Crippen LogP contribution in [0.3, 0.4) is 0 Å². The predicted octanol–water partition coefficient (Wildman–Crippen LogP) is 4.13. The van der Waals surface area contributed by atoms with Gasteiger partial charge in [-0.1, -0.05) is 30.3 Å². The third-order valence-electron chi connectivity index (χ3n) is 5.54. The van der Waals surface area contributed by atoms with Gasteiger partial charge >= 0.3 is 6.03 Å². The van der Waals surface area contributed by atoms with Crippen molar-refractivity contribution in [2.24, 2.45) is 0 Å².